The third-order valence-corrected chi connectivity index (χ3v) is 1.90. The first kappa shape index (κ1) is 11.9. The van der Waals surface area contributed by atoms with Crippen LogP contribution in [-0.2, 0) is 0 Å². The average molecular weight is 211 g/mol. The fourth-order valence-corrected chi connectivity index (χ4v) is 1.23. The van der Waals surface area contributed by atoms with E-state index in [2.05, 4.69) is 4.98 Å². The third-order valence-electron chi connectivity index (χ3n) is 1.90. The molecule has 0 saturated heterocycles. The third kappa shape index (κ3) is 3.85. The van der Waals surface area contributed by atoms with Crippen molar-refractivity contribution in [2.24, 2.45) is 0 Å². The van der Waals surface area contributed by atoms with Crippen LogP contribution in [0.25, 0.3) is 0 Å². The first-order valence-electron chi connectivity index (χ1n) is 5.05. The van der Waals surface area contributed by atoms with Crippen molar-refractivity contribution in [1.82, 2.24) is 4.98 Å². The van der Waals surface area contributed by atoms with Crippen LogP contribution in [-0.4, -0.2) is 27.9 Å². The van der Waals surface area contributed by atoms with Gasteiger partial charge in [0, 0.05) is 25.3 Å². The summed E-state index contributed by atoms with van der Waals surface area (Å²) in [5.74, 6) is 0.500. The smallest absolute Gasteiger partial charge is 0.213 e. The monoisotopic (exact) mass is 211 g/mol. The van der Waals surface area contributed by atoms with E-state index in [4.69, 9.17) is 9.84 Å². The molecule has 0 fully saturated rings. The van der Waals surface area contributed by atoms with Gasteiger partial charge >= 0.3 is 0 Å². The summed E-state index contributed by atoms with van der Waals surface area (Å²) in [7, 11) is 0. The van der Waals surface area contributed by atoms with E-state index in [1.54, 1.807) is 18.3 Å². The molecule has 0 aliphatic rings. The number of aromatic nitrogens is 1. The molecule has 0 aromatic carbocycles. The molecule has 15 heavy (non-hydrogen) atoms. The van der Waals surface area contributed by atoms with Gasteiger partial charge in [-0.1, -0.05) is 0 Å². The molecule has 4 nitrogen and oxygen atoms in total. The molecule has 1 atom stereocenters. The molecule has 1 aromatic heterocycles. The fraction of sp³-hybridized carbons (Fsp3) is 0.545. The van der Waals surface area contributed by atoms with Gasteiger partial charge in [-0.3, -0.25) is 0 Å². The maximum absolute atomic E-state index is 9.64. The molecule has 84 valence electrons. The summed E-state index contributed by atoms with van der Waals surface area (Å²) in [6, 6.07) is 3.41. The highest BCUT2D eigenvalue weighted by Crippen LogP contribution is 2.19. The van der Waals surface area contributed by atoms with Gasteiger partial charge in [0.05, 0.1) is 12.2 Å². The van der Waals surface area contributed by atoms with Crippen LogP contribution in [0.2, 0.25) is 0 Å². The highest BCUT2D eigenvalue weighted by molar-refractivity contribution is 5.22. The Hall–Kier alpha value is -1.13. The highest BCUT2D eigenvalue weighted by atomic mass is 16.5. The Morgan fingerprint density at radius 1 is 1.47 bits per heavy atom. The maximum atomic E-state index is 9.64. The van der Waals surface area contributed by atoms with E-state index in [-0.39, 0.29) is 12.7 Å². The van der Waals surface area contributed by atoms with Gasteiger partial charge in [-0.15, -0.1) is 0 Å². The zero-order valence-corrected chi connectivity index (χ0v) is 9.05. The van der Waals surface area contributed by atoms with Crippen molar-refractivity contribution in [3.63, 3.8) is 0 Å². The van der Waals surface area contributed by atoms with E-state index in [0.29, 0.717) is 12.3 Å². The van der Waals surface area contributed by atoms with E-state index in [9.17, 15) is 5.11 Å². The predicted molar refractivity (Wildman–Crippen MR) is 56.7 cm³/mol. The molecule has 0 saturated carbocycles. The van der Waals surface area contributed by atoms with Crippen molar-refractivity contribution in [3.8, 4) is 5.88 Å². The van der Waals surface area contributed by atoms with Crippen LogP contribution in [0, 0.1) is 0 Å². The predicted octanol–water partition coefficient (Wildman–Crippen LogP) is 1.28. The number of hydrogen-bond donors (Lipinski definition) is 2. The minimum absolute atomic E-state index is 0.0378. The van der Waals surface area contributed by atoms with Crippen molar-refractivity contribution in [2.45, 2.75) is 32.5 Å². The van der Waals surface area contributed by atoms with E-state index in [1.807, 2.05) is 13.8 Å². The van der Waals surface area contributed by atoms with Crippen LogP contribution >= 0.6 is 0 Å². The van der Waals surface area contributed by atoms with Gasteiger partial charge in [-0.25, -0.2) is 4.98 Å². The van der Waals surface area contributed by atoms with Crippen molar-refractivity contribution >= 4 is 0 Å². The molecule has 1 heterocycles. The van der Waals surface area contributed by atoms with Crippen molar-refractivity contribution in [2.75, 3.05) is 6.61 Å². The number of nitrogens with zero attached hydrogens (tertiary/aromatic N) is 1. The molecule has 1 aromatic rings. The Kier molecular flexibility index (Phi) is 4.52. The summed E-state index contributed by atoms with van der Waals surface area (Å²) in [6.07, 6.45) is 1.31. The topological polar surface area (TPSA) is 62.6 Å². The second kappa shape index (κ2) is 5.68. The summed E-state index contributed by atoms with van der Waals surface area (Å²) in [5.41, 5.74) is 0.717. The quantitative estimate of drug-likeness (QED) is 0.770. The standard InChI is InChI=1S/C11H17NO3/c1-8(2)15-11-7-9(3-5-12-11)10(14)4-6-13/h3,5,7-8,10,13-14H,4,6H2,1-2H3. The molecule has 0 radical (unpaired) electrons. The SMILES string of the molecule is CC(C)Oc1cc(C(O)CCO)ccn1. The first-order valence-corrected chi connectivity index (χ1v) is 5.05. The molecule has 4 heteroatoms. The van der Waals surface area contributed by atoms with Gasteiger partial charge in [0.15, 0.2) is 0 Å². The lowest BCUT2D eigenvalue weighted by molar-refractivity contribution is 0.133. The Balaban J connectivity index is 2.73. The average Bonchev–Trinajstić information content (AvgIpc) is 2.17. The lowest BCUT2D eigenvalue weighted by atomic mass is 10.1. The van der Waals surface area contributed by atoms with E-state index in [0.717, 1.165) is 5.56 Å². The van der Waals surface area contributed by atoms with Crippen LogP contribution in [0.15, 0.2) is 18.3 Å². The number of rotatable bonds is 5. The Morgan fingerprint density at radius 3 is 2.80 bits per heavy atom. The van der Waals surface area contributed by atoms with Gasteiger partial charge in [0.25, 0.3) is 0 Å². The van der Waals surface area contributed by atoms with E-state index < -0.39 is 6.10 Å². The Bertz CT molecular complexity index is 302. The minimum Gasteiger partial charge on any atom is -0.475 e. The van der Waals surface area contributed by atoms with Crippen LogP contribution in [0.5, 0.6) is 5.88 Å². The second-order valence-corrected chi connectivity index (χ2v) is 3.62. The molecular weight excluding hydrogens is 194 g/mol. The zero-order chi connectivity index (χ0) is 11.3. The van der Waals surface area contributed by atoms with Gasteiger partial charge < -0.3 is 14.9 Å². The van der Waals surface area contributed by atoms with E-state index in [1.165, 1.54) is 0 Å². The number of aliphatic hydroxyl groups is 2. The Labute approximate surface area is 89.5 Å². The van der Waals surface area contributed by atoms with Crippen LogP contribution < -0.4 is 4.74 Å². The van der Waals surface area contributed by atoms with E-state index >= 15 is 0 Å². The number of aliphatic hydroxyl groups excluding tert-OH is 2. The number of hydrogen-bond acceptors (Lipinski definition) is 4. The van der Waals surface area contributed by atoms with Crippen LogP contribution in [0.1, 0.15) is 31.9 Å². The summed E-state index contributed by atoms with van der Waals surface area (Å²) in [4.78, 5) is 4.03. The Morgan fingerprint density at radius 2 is 2.20 bits per heavy atom. The van der Waals surface area contributed by atoms with Gasteiger partial charge in [-0.2, -0.15) is 0 Å². The number of pyridine rings is 1. The molecule has 1 unspecified atom stereocenters. The summed E-state index contributed by atoms with van der Waals surface area (Å²) < 4.78 is 5.40. The largest absolute Gasteiger partial charge is 0.475 e. The molecule has 0 amide bonds. The lowest BCUT2D eigenvalue weighted by Gasteiger charge is -2.12. The first-order chi connectivity index (χ1) is 7.13. The van der Waals surface area contributed by atoms with Crippen molar-refractivity contribution < 1.29 is 14.9 Å². The van der Waals surface area contributed by atoms with Gasteiger partial charge in [0.1, 0.15) is 0 Å². The molecule has 0 bridgehead atoms. The van der Waals surface area contributed by atoms with Crippen molar-refractivity contribution in [1.29, 1.82) is 0 Å². The molecule has 0 spiro atoms. The summed E-state index contributed by atoms with van der Waals surface area (Å²) in [6.45, 7) is 3.79. The maximum Gasteiger partial charge on any atom is 0.213 e. The normalized spacial score (nSPS) is 12.9. The molecular formula is C11H17NO3. The molecule has 0 aliphatic heterocycles. The minimum atomic E-state index is -0.660. The van der Waals surface area contributed by atoms with Gasteiger partial charge in [0.2, 0.25) is 5.88 Å². The second-order valence-electron chi connectivity index (χ2n) is 3.62. The lowest BCUT2D eigenvalue weighted by Crippen LogP contribution is -2.08. The summed E-state index contributed by atoms with van der Waals surface area (Å²) in [5, 5.41) is 18.3. The molecule has 1 rings (SSSR count). The van der Waals surface area contributed by atoms with Gasteiger partial charge in [-0.05, 0) is 25.5 Å². The molecule has 0 aliphatic carbocycles. The van der Waals surface area contributed by atoms with Crippen LogP contribution in [0.4, 0.5) is 0 Å². The zero-order valence-electron chi connectivity index (χ0n) is 9.05. The summed E-state index contributed by atoms with van der Waals surface area (Å²) >= 11 is 0. The number of ether oxygens (including phenoxy) is 1. The highest BCUT2D eigenvalue weighted by Gasteiger charge is 2.08. The van der Waals surface area contributed by atoms with Crippen LogP contribution in [0.3, 0.4) is 0 Å². The fourth-order valence-electron chi connectivity index (χ4n) is 1.23. The van der Waals surface area contributed by atoms with Crippen molar-refractivity contribution in [3.05, 3.63) is 23.9 Å². The molecule has 2 N–H and O–H groups in total.